The zero-order valence-corrected chi connectivity index (χ0v) is 7.07. The van der Waals surface area contributed by atoms with Crippen LogP contribution >= 0.6 is 0 Å². The van der Waals surface area contributed by atoms with Crippen LogP contribution in [0.3, 0.4) is 0 Å². The average Bonchev–Trinajstić information content (AvgIpc) is 1.82. The topological polar surface area (TPSA) is 3.24 Å². The second kappa shape index (κ2) is 5.08. The number of rotatable bonds is 3. The highest BCUT2D eigenvalue weighted by molar-refractivity contribution is 5.00. The van der Waals surface area contributed by atoms with Crippen LogP contribution in [-0.2, 0) is 0 Å². The van der Waals surface area contributed by atoms with Gasteiger partial charge in [-0.05, 0) is 20.9 Å². The van der Waals surface area contributed by atoms with E-state index in [1.54, 1.807) is 0 Å². The van der Waals surface area contributed by atoms with Gasteiger partial charge < -0.3 is 0 Å². The van der Waals surface area contributed by atoms with E-state index in [1.807, 2.05) is 20.9 Å². The lowest BCUT2D eigenvalue weighted by Gasteiger charge is -2.11. The third-order valence-corrected chi connectivity index (χ3v) is 1.07. The molecular formula is C9H15N. The second-order valence-corrected chi connectivity index (χ2v) is 2.56. The van der Waals surface area contributed by atoms with Crippen LogP contribution in [0.15, 0.2) is 12.2 Å². The third-order valence-electron chi connectivity index (χ3n) is 1.07. The van der Waals surface area contributed by atoms with Crippen molar-refractivity contribution in [3.63, 3.8) is 0 Å². The van der Waals surface area contributed by atoms with E-state index in [0.717, 1.165) is 13.1 Å². The summed E-state index contributed by atoms with van der Waals surface area (Å²) in [6.45, 7) is 9.47. The molecule has 0 aromatic heterocycles. The molecule has 0 heterocycles. The summed E-state index contributed by atoms with van der Waals surface area (Å²) in [5.74, 6) is 5.84. The molecule has 0 rings (SSSR count). The minimum absolute atomic E-state index is 0.837. The Kier molecular flexibility index (Phi) is 4.70. The van der Waals surface area contributed by atoms with Gasteiger partial charge in [0, 0.05) is 6.54 Å². The highest BCUT2D eigenvalue weighted by atomic mass is 15.1. The van der Waals surface area contributed by atoms with E-state index in [4.69, 9.17) is 0 Å². The molecule has 0 aromatic rings. The third kappa shape index (κ3) is 5.40. The molecule has 0 spiro atoms. The van der Waals surface area contributed by atoms with Gasteiger partial charge in [-0.1, -0.05) is 18.1 Å². The Morgan fingerprint density at radius 1 is 1.60 bits per heavy atom. The van der Waals surface area contributed by atoms with Crippen LogP contribution in [0, 0.1) is 11.8 Å². The Morgan fingerprint density at radius 2 is 2.20 bits per heavy atom. The fraction of sp³-hybridized carbons (Fsp3) is 0.556. The summed E-state index contributed by atoms with van der Waals surface area (Å²) in [4.78, 5) is 2.14. The highest BCUT2D eigenvalue weighted by Gasteiger charge is 1.92. The van der Waals surface area contributed by atoms with E-state index < -0.39 is 0 Å². The number of hydrogen-bond acceptors (Lipinski definition) is 1. The van der Waals surface area contributed by atoms with Crippen molar-refractivity contribution in [1.82, 2.24) is 4.90 Å². The van der Waals surface area contributed by atoms with Crippen LogP contribution in [-0.4, -0.2) is 25.0 Å². The molecule has 0 aliphatic carbocycles. The molecule has 0 bridgehead atoms. The summed E-state index contributed by atoms with van der Waals surface area (Å²) < 4.78 is 0. The Labute approximate surface area is 63.7 Å². The molecule has 0 fully saturated rings. The molecule has 0 radical (unpaired) electrons. The molecule has 10 heavy (non-hydrogen) atoms. The highest BCUT2D eigenvalue weighted by Crippen LogP contribution is 1.89. The first-order chi connectivity index (χ1) is 4.66. The van der Waals surface area contributed by atoms with Gasteiger partial charge in [-0.2, -0.15) is 0 Å². The zero-order chi connectivity index (χ0) is 7.98. The molecule has 0 aliphatic rings. The number of likely N-dealkylation sites (N-methyl/N-ethyl adjacent to an activating group) is 1. The molecule has 0 saturated carbocycles. The van der Waals surface area contributed by atoms with Crippen molar-refractivity contribution in [3.8, 4) is 11.8 Å². The summed E-state index contributed by atoms with van der Waals surface area (Å²) in [5, 5.41) is 0. The van der Waals surface area contributed by atoms with Gasteiger partial charge in [0.1, 0.15) is 0 Å². The van der Waals surface area contributed by atoms with Crippen molar-refractivity contribution < 1.29 is 0 Å². The summed E-state index contributed by atoms with van der Waals surface area (Å²) >= 11 is 0. The van der Waals surface area contributed by atoms with Crippen molar-refractivity contribution in [2.24, 2.45) is 0 Å². The van der Waals surface area contributed by atoms with E-state index in [0.29, 0.717) is 0 Å². The maximum Gasteiger partial charge on any atom is 0.0601 e. The Hall–Kier alpha value is -0.740. The van der Waals surface area contributed by atoms with Gasteiger partial charge in [-0.3, -0.25) is 4.90 Å². The summed E-state index contributed by atoms with van der Waals surface area (Å²) in [6, 6.07) is 0. The fourth-order valence-corrected chi connectivity index (χ4v) is 0.731. The summed E-state index contributed by atoms with van der Waals surface area (Å²) in [5.41, 5.74) is 1.18. The standard InChI is InChI=1S/C9H15N/c1-5-6-7-10(4)8-9(2)3/h2,7-8H2,1,3-4H3. The lowest BCUT2D eigenvalue weighted by Crippen LogP contribution is -2.20. The maximum atomic E-state index is 3.81. The van der Waals surface area contributed by atoms with E-state index in [-0.39, 0.29) is 0 Å². The molecule has 0 N–H and O–H groups in total. The monoisotopic (exact) mass is 137 g/mol. The fourth-order valence-electron chi connectivity index (χ4n) is 0.731. The lowest BCUT2D eigenvalue weighted by molar-refractivity contribution is 0.409. The molecule has 0 saturated heterocycles. The average molecular weight is 137 g/mol. The molecule has 0 atom stereocenters. The first kappa shape index (κ1) is 9.26. The summed E-state index contributed by atoms with van der Waals surface area (Å²) in [6.07, 6.45) is 0. The predicted octanol–water partition coefficient (Wildman–Crippen LogP) is 1.52. The van der Waals surface area contributed by atoms with Crippen molar-refractivity contribution in [2.45, 2.75) is 13.8 Å². The molecule has 1 heteroatoms. The van der Waals surface area contributed by atoms with E-state index in [9.17, 15) is 0 Å². The minimum atomic E-state index is 0.837. The van der Waals surface area contributed by atoms with Gasteiger partial charge >= 0.3 is 0 Å². The normalized spacial score (nSPS) is 8.80. The molecule has 0 aromatic carbocycles. The van der Waals surface area contributed by atoms with Gasteiger partial charge in [-0.15, -0.1) is 5.92 Å². The van der Waals surface area contributed by atoms with Crippen LogP contribution < -0.4 is 0 Å². The van der Waals surface area contributed by atoms with Crippen molar-refractivity contribution in [1.29, 1.82) is 0 Å². The van der Waals surface area contributed by atoms with Crippen molar-refractivity contribution >= 4 is 0 Å². The van der Waals surface area contributed by atoms with Gasteiger partial charge in [0.2, 0.25) is 0 Å². The van der Waals surface area contributed by atoms with Crippen LogP contribution in [0.4, 0.5) is 0 Å². The Morgan fingerprint density at radius 3 is 2.60 bits per heavy atom. The molecular weight excluding hydrogens is 122 g/mol. The maximum absolute atomic E-state index is 3.81. The van der Waals surface area contributed by atoms with Crippen molar-refractivity contribution in [2.75, 3.05) is 20.1 Å². The Bertz CT molecular complexity index is 159. The summed E-state index contributed by atoms with van der Waals surface area (Å²) in [7, 11) is 2.04. The first-order valence-electron chi connectivity index (χ1n) is 3.39. The first-order valence-corrected chi connectivity index (χ1v) is 3.39. The largest absolute Gasteiger partial charge is 0.291 e. The SMILES string of the molecule is C=C(C)CN(C)CC#CC. The van der Waals surface area contributed by atoms with Gasteiger partial charge in [0.05, 0.1) is 6.54 Å². The number of nitrogens with zero attached hydrogens (tertiary/aromatic N) is 1. The molecule has 56 valence electrons. The number of hydrogen-bond donors (Lipinski definition) is 0. The predicted molar refractivity (Wildman–Crippen MR) is 45.8 cm³/mol. The smallest absolute Gasteiger partial charge is 0.0601 e. The van der Waals surface area contributed by atoms with Crippen LogP contribution in [0.2, 0.25) is 0 Å². The van der Waals surface area contributed by atoms with Gasteiger partial charge in [0.25, 0.3) is 0 Å². The van der Waals surface area contributed by atoms with Crippen LogP contribution in [0.25, 0.3) is 0 Å². The van der Waals surface area contributed by atoms with E-state index >= 15 is 0 Å². The van der Waals surface area contributed by atoms with E-state index in [2.05, 4.69) is 23.3 Å². The zero-order valence-electron chi connectivity index (χ0n) is 7.07. The second-order valence-electron chi connectivity index (χ2n) is 2.56. The van der Waals surface area contributed by atoms with Gasteiger partial charge in [-0.25, -0.2) is 0 Å². The van der Waals surface area contributed by atoms with Crippen molar-refractivity contribution in [3.05, 3.63) is 12.2 Å². The molecule has 0 unspecified atom stereocenters. The van der Waals surface area contributed by atoms with Gasteiger partial charge in [0.15, 0.2) is 0 Å². The lowest BCUT2D eigenvalue weighted by atomic mass is 10.3. The van der Waals surface area contributed by atoms with Crippen LogP contribution in [0.5, 0.6) is 0 Å². The Balaban J connectivity index is 3.50. The molecule has 1 nitrogen and oxygen atoms in total. The molecule has 0 amide bonds. The minimum Gasteiger partial charge on any atom is -0.291 e. The molecule has 0 aliphatic heterocycles. The van der Waals surface area contributed by atoms with E-state index in [1.165, 1.54) is 5.57 Å². The van der Waals surface area contributed by atoms with Crippen LogP contribution in [0.1, 0.15) is 13.8 Å². The quantitative estimate of drug-likeness (QED) is 0.421.